The van der Waals surface area contributed by atoms with Crippen LogP contribution in [0.3, 0.4) is 0 Å². The van der Waals surface area contributed by atoms with Crippen LogP contribution in [0.2, 0.25) is 0 Å². The smallest absolute Gasteiger partial charge is 0.282 e. The first-order valence-corrected chi connectivity index (χ1v) is 9.94. The highest BCUT2D eigenvalue weighted by atomic mass is 16.5. The molecule has 4 rings (SSSR count). The zero-order valence-corrected chi connectivity index (χ0v) is 17.3. The molecule has 0 bridgehead atoms. The molecule has 3 aromatic carbocycles. The summed E-state index contributed by atoms with van der Waals surface area (Å²) in [4.78, 5) is 27.9. The topological polar surface area (TPSA) is 67.9 Å². The van der Waals surface area contributed by atoms with Gasteiger partial charge in [0, 0.05) is 11.8 Å². The second-order valence-corrected chi connectivity index (χ2v) is 6.85. The molecule has 0 saturated heterocycles. The minimum atomic E-state index is -0.413. The van der Waals surface area contributed by atoms with Crippen molar-refractivity contribution in [2.75, 3.05) is 23.9 Å². The molecule has 0 saturated carbocycles. The van der Waals surface area contributed by atoms with E-state index in [0.29, 0.717) is 40.6 Å². The Kier molecular flexibility index (Phi) is 5.71. The van der Waals surface area contributed by atoms with E-state index in [-0.39, 0.29) is 11.6 Å². The van der Waals surface area contributed by atoms with Crippen molar-refractivity contribution in [2.24, 2.45) is 0 Å². The van der Waals surface area contributed by atoms with Crippen LogP contribution in [-0.2, 0) is 9.59 Å². The Labute approximate surface area is 180 Å². The molecule has 0 fully saturated rings. The van der Waals surface area contributed by atoms with Crippen LogP contribution in [-0.4, -0.2) is 25.5 Å². The van der Waals surface area contributed by atoms with Crippen LogP contribution in [0.15, 0.2) is 84.6 Å². The Balaban J connectivity index is 1.78. The molecule has 0 aliphatic carbocycles. The van der Waals surface area contributed by atoms with Crippen LogP contribution in [0.5, 0.6) is 11.5 Å². The van der Waals surface area contributed by atoms with E-state index in [1.54, 1.807) is 61.7 Å². The van der Waals surface area contributed by atoms with Crippen LogP contribution in [0.1, 0.15) is 12.5 Å². The first-order valence-electron chi connectivity index (χ1n) is 9.94. The molecular formula is C25H22N2O4. The molecule has 0 radical (unpaired) electrons. The van der Waals surface area contributed by atoms with Crippen molar-refractivity contribution in [1.82, 2.24) is 0 Å². The fourth-order valence-electron chi connectivity index (χ4n) is 3.46. The van der Waals surface area contributed by atoms with Gasteiger partial charge in [0.05, 0.1) is 25.0 Å². The zero-order chi connectivity index (χ0) is 21.8. The van der Waals surface area contributed by atoms with Crippen molar-refractivity contribution in [3.8, 4) is 11.5 Å². The van der Waals surface area contributed by atoms with Gasteiger partial charge >= 0.3 is 0 Å². The number of hydrogen-bond donors (Lipinski definition) is 1. The maximum Gasteiger partial charge on any atom is 0.282 e. The number of methoxy groups -OCH3 is 1. The van der Waals surface area contributed by atoms with Crippen molar-refractivity contribution >= 4 is 28.8 Å². The van der Waals surface area contributed by atoms with Crippen LogP contribution in [0, 0.1) is 0 Å². The summed E-state index contributed by atoms with van der Waals surface area (Å²) < 4.78 is 10.8. The number of nitrogens with one attached hydrogen (secondary N) is 1. The number of rotatable bonds is 7. The molecule has 2 amide bonds. The Hall–Kier alpha value is -4.06. The summed E-state index contributed by atoms with van der Waals surface area (Å²) in [6, 6.07) is 23.2. The lowest BCUT2D eigenvalue weighted by atomic mass is 10.0. The Morgan fingerprint density at radius 1 is 0.839 bits per heavy atom. The monoisotopic (exact) mass is 414 g/mol. The average Bonchev–Trinajstić information content (AvgIpc) is 3.04. The largest absolute Gasteiger partial charge is 0.497 e. The second-order valence-electron chi connectivity index (χ2n) is 6.85. The zero-order valence-electron chi connectivity index (χ0n) is 17.3. The molecule has 1 aliphatic rings. The molecule has 3 aromatic rings. The third-order valence-corrected chi connectivity index (χ3v) is 4.89. The summed E-state index contributed by atoms with van der Waals surface area (Å²) >= 11 is 0. The van der Waals surface area contributed by atoms with Crippen LogP contribution in [0.25, 0.3) is 5.57 Å². The summed E-state index contributed by atoms with van der Waals surface area (Å²) in [6.07, 6.45) is 0. The van der Waals surface area contributed by atoms with Gasteiger partial charge in [-0.2, -0.15) is 0 Å². The molecule has 156 valence electrons. The molecule has 6 heteroatoms. The van der Waals surface area contributed by atoms with Gasteiger partial charge in [0.1, 0.15) is 17.2 Å². The third kappa shape index (κ3) is 4.00. The highest BCUT2D eigenvalue weighted by Crippen LogP contribution is 2.34. The van der Waals surface area contributed by atoms with Crippen molar-refractivity contribution in [1.29, 1.82) is 0 Å². The van der Waals surface area contributed by atoms with Gasteiger partial charge in [-0.05, 0) is 48.9 Å². The molecule has 1 N–H and O–H groups in total. The lowest BCUT2D eigenvalue weighted by molar-refractivity contribution is -0.120. The van der Waals surface area contributed by atoms with E-state index >= 15 is 0 Å². The summed E-state index contributed by atoms with van der Waals surface area (Å²) in [7, 11) is 1.58. The fraction of sp³-hybridized carbons (Fsp3) is 0.120. The maximum absolute atomic E-state index is 13.4. The number of para-hydroxylation sites is 1. The van der Waals surface area contributed by atoms with Crippen molar-refractivity contribution in [3.63, 3.8) is 0 Å². The number of nitrogens with zero attached hydrogens (tertiary/aromatic N) is 1. The van der Waals surface area contributed by atoms with E-state index in [2.05, 4.69) is 5.32 Å². The molecular weight excluding hydrogens is 392 g/mol. The normalized spacial score (nSPS) is 13.5. The molecule has 0 spiro atoms. The van der Waals surface area contributed by atoms with Crippen molar-refractivity contribution in [2.45, 2.75) is 6.92 Å². The predicted molar refractivity (Wildman–Crippen MR) is 120 cm³/mol. The Bertz CT molecular complexity index is 1140. The highest BCUT2D eigenvalue weighted by Gasteiger charge is 2.40. The van der Waals surface area contributed by atoms with E-state index in [0.717, 1.165) is 0 Å². The van der Waals surface area contributed by atoms with Crippen molar-refractivity contribution < 1.29 is 19.1 Å². The van der Waals surface area contributed by atoms with Gasteiger partial charge in [0.2, 0.25) is 0 Å². The molecule has 1 aliphatic heterocycles. The third-order valence-electron chi connectivity index (χ3n) is 4.89. The molecule has 6 nitrogen and oxygen atoms in total. The lowest BCUT2D eigenvalue weighted by Gasteiger charge is -2.15. The predicted octanol–water partition coefficient (Wildman–Crippen LogP) is 4.49. The Morgan fingerprint density at radius 3 is 2.26 bits per heavy atom. The first kappa shape index (κ1) is 20.2. The van der Waals surface area contributed by atoms with Gasteiger partial charge in [-0.25, -0.2) is 4.90 Å². The van der Waals surface area contributed by atoms with Gasteiger partial charge in [-0.1, -0.05) is 36.4 Å². The molecule has 1 heterocycles. The van der Waals surface area contributed by atoms with Gasteiger partial charge < -0.3 is 14.8 Å². The molecule has 0 aromatic heterocycles. The molecule has 0 atom stereocenters. The number of imide groups is 1. The van der Waals surface area contributed by atoms with E-state index in [9.17, 15) is 9.59 Å². The first-order chi connectivity index (χ1) is 15.1. The van der Waals surface area contributed by atoms with Gasteiger partial charge in [0.25, 0.3) is 11.8 Å². The number of benzene rings is 3. The Morgan fingerprint density at radius 2 is 1.58 bits per heavy atom. The SMILES string of the molecule is CCOc1cccc(NC2=C(c3ccc(OC)cc3)C(=O)N(c3ccccc3)C2=O)c1. The van der Waals surface area contributed by atoms with E-state index in [1.165, 1.54) is 4.90 Å². The number of anilines is 2. The van der Waals surface area contributed by atoms with E-state index in [1.807, 2.05) is 31.2 Å². The number of carbonyl (C=O) groups excluding carboxylic acids is 2. The van der Waals surface area contributed by atoms with Gasteiger partial charge in [-0.15, -0.1) is 0 Å². The molecule has 31 heavy (non-hydrogen) atoms. The summed E-state index contributed by atoms with van der Waals surface area (Å²) in [5.74, 6) is 0.546. The number of hydrogen-bond acceptors (Lipinski definition) is 5. The van der Waals surface area contributed by atoms with E-state index in [4.69, 9.17) is 9.47 Å². The van der Waals surface area contributed by atoms with Gasteiger partial charge in [0.15, 0.2) is 0 Å². The fourth-order valence-corrected chi connectivity index (χ4v) is 3.46. The average molecular weight is 414 g/mol. The molecule has 0 unspecified atom stereocenters. The minimum Gasteiger partial charge on any atom is -0.497 e. The summed E-state index contributed by atoms with van der Waals surface area (Å²) in [5.41, 5.74) is 2.32. The number of carbonyl (C=O) groups is 2. The lowest BCUT2D eigenvalue weighted by Crippen LogP contribution is -2.32. The van der Waals surface area contributed by atoms with E-state index < -0.39 is 5.91 Å². The number of ether oxygens (including phenoxy) is 2. The number of amides is 2. The highest BCUT2D eigenvalue weighted by molar-refractivity contribution is 6.46. The quantitative estimate of drug-likeness (QED) is 0.577. The maximum atomic E-state index is 13.4. The van der Waals surface area contributed by atoms with Crippen LogP contribution < -0.4 is 19.7 Å². The summed E-state index contributed by atoms with van der Waals surface area (Å²) in [6.45, 7) is 2.43. The standard InChI is InChI=1S/C25H22N2O4/c1-3-31-21-11-7-8-18(16-21)26-23-22(17-12-14-20(30-2)15-13-17)24(28)27(25(23)29)19-9-5-4-6-10-19/h4-16,26H,3H2,1-2H3. The van der Waals surface area contributed by atoms with Crippen LogP contribution in [0.4, 0.5) is 11.4 Å². The second kappa shape index (κ2) is 8.75. The minimum absolute atomic E-state index is 0.215. The summed E-state index contributed by atoms with van der Waals surface area (Å²) in [5, 5.41) is 3.15. The van der Waals surface area contributed by atoms with Gasteiger partial charge in [-0.3, -0.25) is 9.59 Å². The van der Waals surface area contributed by atoms with Crippen molar-refractivity contribution in [3.05, 3.63) is 90.1 Å². The van der Waals surface area contributed by atoms with Crippen LogP contribution >= 0.6 is 0 Å².